The standard InChI is InChI=1S/C31H48N4O2/c1-30(2,3)25-12-10-24(11-13-25)21-34-16-14-31(15-17-34)19-28(36)35-22-26(18-27(35)29(37)32-31)33(4)20-23-8-6-5-7-9-23/h10-13,23,26-27H,5-9,14-22H2,1-4H3,(H,32,37)/t26-,27-/m0/s1. The van der Waals surface area contributed by atoms with Crippen molar-refractivity contribution < 1.29 is 9.59 Å². The van der Waals surface area contributed by atoms with E-state index in [-0.39, 0.29) is 28.8 Å². The van der Waals surface area contributed by atoms with E-state index in [1.54, 1.807) is 0 Å². The van der Waals surface area contributed by atoms with Crippen molar-refractivity contribution >= 4 is 11.8 Å². The van der Waals surface area contributed by atoms with Gasteiger partial charge in [0.25, 0.3) is 0 Å². The van der Waals surface area contributed by atoms with Crippen LogP contribution in [0.5, 0.6) is 0 Å². The largest absolute Gasteiger partial charge is 0.348 e. The van der Waals surface area contributed by atoms with Gasteiger partial charge in [0.2, 0.25) is 11.8 Å². The van der Waals surface area contributed by atoms with Gasteiger partial charge in [-0.1, -0.05) is 64.3 Å². The van der Waals surface area contributed by atoms with E-state index in [4.69, 9.17) is 0 Å². The van der Waals surface area contributed by atoms with Gasteiger partial charge in [0.15, 0.2) is 0 Å². The number of carbonyl (C=O) groups is 2. The van der Waals surface area contributed by atoms with E-state index in [9.17, 15) is 9.59 Å². The van der Waals surface area contributed by atoms with E-state index >= 15 is 0 Å². The maximum absolute atomic E-state index is 13.5. The van der Waals surface area contributed by atoms with Gasteiger partial charge >= 0.3 is 0 Å². The van der Waals surface area contributed by atoms with Gasteiger partial charge in [-0.15, -0.1) is 0 Å². The molecular formula is C31H48N4O2. The Balaban J connectivity index is 1.15. The minimum absolute atomic E-state index is 0.0747. The van der Waals surface area contributed by atoms with Crippen molar-refractivity contribution in [3.05, 3.63) is 35.4 Å². The molecule has 204 valence electrons. The van der Waals surface area contributed by atoms with Crippen LogP contribution in [0, 0.1) is 5.92 Å². The second kappa shape index (κ2) is 10.7. The summed E-state index contributed by atoms with van der Waals surface area (Å²) in [6.45, 7) is 11.3. The Morgan fingerprint density at radius 3 is 2.35 bits per heavy atom. The molecule has 3 heterocycles. The number of benzene rings is 1. The van der Waals surface area contributed by atoms with E-state index in [1.807, 2.05) is 4.90 Å². The van der Waals surface area contributed by atoms with Crippen molar-refractivity contribution in [3.8, 4) is 0 Å². The lowest BCUT2D eigenvalue weighted by Crippen LogP contribution is -2.56. The molecule has 3 saturated heterocycles. The number of hydrogen-bond acceptors (Lipinski definition) is 4. The third-order valence-corrected chi connectivity index (χ3v) is 9.71. The third kappa shape index (κ3) is 6.06. The van der Waals surface area contributed by atoms with Crippen molar-refractivity contribution in [2.24, 2.45) is 5.92 Å². The number of likely N-dealkylation sites (tertiary alicyclic amines) is 1. The molecule has 3 aliphatic heterocycles. The zero-order valence-corrected chi connectivity index (χ0v) is 23.6. The molecule has 4 aliphatic rings. The molecule has 1 aromatic rings. The van der Waals surface area contributed by atoms with Crippen LogP contribution in [0.25, 0.3) is 0 Å². The molecule has 0 unspecified atom stereocenters. The number of nitrogens with zero attached hydrogens (tertiary/aromatic N) is 3. The fraction of sp³-hybridized carbons (Fsp3) is 0.742. The summed E-state index contributed by atoms with van der Waals surface area (Å²) in [5.74, 6) is 1.02. The third-order valence-electron chi connectivity index (χ3n) is 9.71. The van der Waals surface area contributed by atoms with E-state index in [0.29, 0.717) is 19.0 Å². The molecule has 1 aliphatic carbocycles. The van der Waals surface area contributed by atoms with Crippen molar-refractivity contribution in [2.45, 2.75) is 108 Å². The minimum atomic E-state index is -0.380. The smallest absolute Gasteiger partial charge is 0.243 e. The summed E-state index contributed by atoms with van der Waals surface area (Å²) in [5, 5.41) is 3.40. The molecule has 0 bridgehead atoms. The molecule has 1 spiro atoms. The first-order valence-corrected chi connectivity index (χ1v) is 14.8. The van der Waals surface area contributed by atoms with Crippen molar-refractivity contribution in [1.82, 2.24) is 20.0 Å². The Bertz CT molecular complexity index is 926. The fourth-order valence-electron chi connectivity index (χ4n) is 7.17. The van der Waals surface area contributed by atoms with Crippen molar-refractivity contribution in [3.63, 3.8) is 0 Å². The van der Waals surface area contributed by atoms with Crippen LogP contribution in [0.2, 0.25) is 0 Å². The van der Waals surface area contributed by atoms with Crippen LogP contribution in [-0.4, -0.2) is 77.4 Å². The van der Waals surface area contributed by atoms with Crippen LogP contribution in [0.1, 0.15) is 89.7 Å². The number of fused-ring (bicyclic) bond motifs is 1. The number of likely N-dealkylation sites (N-methyl/N-ethyl adjacent to an activating group) is 1. The maximum Gasteiger partial charge on any atom is 0.243 e. The Morgan fingerprint density at radius 1 is 1.03 bits per heavy atom. The summed E-state index contributed by atoms with van der Waals surface area (Å²) >= 11 is 0. The molecular weight excluding hydrogens is 460 g/mol. The van der Waals surface area contributed by atoms with Crippen LogP contribution in [0.15, 0.2) is 24.3 Å². The van der Waals surface area contributed by atoms with Gasteiger partial charge in [-0.25, -0.2) is 0 Å². The Labute approximate surface area is 224 Å². The fourth-order valence-corrected chi connectivity index (χ4v) is 7.17. The number of piperidine rings is 1. The zero-order chi connectivity index (χ0) is 26.2. The lowest BCUT2D eigenvalue weighted by molar-refractivity contribution is -0.135. The van der Waals surface area contributed by atoms with Gasteiger partial charge in [0, 0.05) is 38.8 Å². The molecule has 4 fully saturated rings. The van der Waals surface area contributed by atoms with Crippen LogP contribution >= 0.6 is 0 Å². The summed E-state index contributed by atoms with van der Waals surface area (Å²) in [4.78, 5) is 33.7. The molecule has 1 saturated carbocycles. The molecule has 5 rings (SSSR count). The topological polar surface area (TPSA) is 55.9 Å². The minimum Gasteiger partial charge on any atom is -0.348 e. The summed E-state index contributed by atoms with van der Waals surface area (Å²) < 4.78 is 0. The summed E-state index contributed by atoms with van der Waals surface area (Å²) in [7, 11) is 2.20. The second-order valence-electron chi connectivity index (χ2n) is 13.6. The molecule has 0 aromatic heterocycles. The van der Waals surface area contributed by atoms with Crippen LogP contribution in [0.4, 0.5) is 0 Å². The predicted molar refractivity (Wildman–Crippen MR) is 148 cm³/mol. The molecule has 0 radical (unpaired) electrons. The molecule has 6 nitrogen and oxygen atoms in total. The SMILES string of the molecule is CN(CC1CCCCC1)[C@H]1C[C@H]2C(=O)NC3(CCN(Cc4ccc(C(C)(C)C)cc4)CC3)CC(=O)N2C1. The second-order valence-corrected chi connectivity index (χ2v) is 13.6. The zero-order valence-electron chi connectivity index (χ0n) is 23.6. The van der Waals surface area contributed by atoms with Crippen LogP contribution < -0.4 is 5.32 Å². The van der Waals surface area contributed by atoms with Gasteiger partial charge in [0.05, 0.1) is 12.0 Å². The first kappa shape index (κ1) is 26.7. The highest BCUT2D eigenvalue weighted by Crippen LogP contribution is 2.34. The van der Waals surface area contributed by atoms with Gasteiger partial charge < -0.3 is 15.1 Å². The summed E-state index contributed by atoms with van der Waals surface area (Å²) in [5.41, 5.74) is 2.47. The number of hydrogen-bond donors (Lipinski definition) is 1. The van der Waals surface area contributed by atoms with E-state index < -0.39 is 0 Å². The Hall–Kier alpha value is -1.92. The maximum atomic E-state index is 13.5. The van der Waals surface area contributed by atoms with Crippen molar-refractivity contribution in [2.75, 3.05) is 33.2 Å². The molecule has 2 amide bonds. The van der Waals surface area contributed by atoms with Gasteiger partial charge in [-0.2, -0.15) is 0 Å². The number of rotatable bonds is 5. The van der Waals surface area contributed by atoms with E-state index in [1.165, 1.54) is 43.2 Å². The Morgan fingerprint density at radius 2 is 1.70 bits per heavy atom. The first-order valence-electron chi connectivity index (χ1n) is 14.8. The van der Waals surface area contributed by atoms with Crippen LogP contribution in [-0.2, 0) is 21.5 Å². The highest BCUT2D eigenvalue weighted by Gasteiger charge is 2.49. The van der Waals surface area contributed by atoms with Gasteiger partial charge in [-0.05, 0) is 61.6 Å². The average molecular weight is 509 g/mol. The number of nitrogens with one attached hydrogen (secondary N) is 1. The molecule has 37 heavy (non-hydrogen) atoms. The monoisotopic (exact) mass is 508 g/mol. The van der Waals surface area contributed by atoms with Crippen molar-refractivity contribution in [1.29, 1.82) is 0 Å². The lowest BCUT2D eigenvalue weighted by Gasteiger charge is -2.41. The highest BCUT2D eigenvalue weighted by molar-refractivity contribution is 5.92. The quantitative estimate of drug-likeness (QED) is 0.644. The van der Waals surface area contributed by atoms with Crippen LogP contribution in [0.3, 0.4) is 0 Å². The normalized spacial score (nSPS) is 27.4. The summed E-state index contributed by atoms with van der Waals surface area (Å²) in [6, 6.07) is 8.99. The van der Waals surface area contributed by atoms with E-state index in [2.05, 4.69) is 67.2 Å². The first-order chi connectivity index (χ1) is 17.6. The predicted octanol–water partition coefficient (Wildman–Crippen LogP) is 4.32. The van der Waals surface area contributed by atoms with Gasteiger partial charge in [0.1, 0.15) is 6.04 Å². The molecule has 2 atom stereocenters. The Kier molecular flexibility index (Phi) is 7.70. The van der Waals surface area contributed by atoms with E-state index in [0.717, 1.165) is 51.4 Å². The average Bonchev–Trinajstić information content (AvgIpc) is 3.29. The number of carbonyl (C=O) groups excluding carboxylic acids is 2. The molecule has 1 N–H and O–H groups in total. The lowest BCUT2D eigenvalue weighted by atomic mass is 9.83. The summed E-state index contributed by atoms with van der Waals surface area (Å²) in [6.07, 6.45) is 9.63. The van der Waals surface area contributed by atoms with Gasteiger partial charge in [-0.3, -0.25) is 14.5 Å². The molecule has 1 aromatic carbocycles. The number of amides is 2. The molecule has 6 heteroatoms. The highest BCUT2D eigenvalue weighted by atomic mass is 16.2.